The molecular weight excluding hydrogens is 445 g/mol. The Bertz CT molecular complexity index is 1140. The lowest BCUT2D eigenvalue weighted by Gasteiger charge is -2.27. The van der Waals surface area contributed by atoms with Crippen LogP contribution in [0.3, 0.4) is 0 Å². The van der Waals surface area contributed by atoms with Gasteiger partial charge in [0.15, 0.2) is 6.10 Å². The number of carbonyl (C=O) groups is 3. The van der Waals surface area contributed by atoms with Crippen molar-refractivity contribution in [3.05, 3.63) is 106 Å². The standard InChI is InChI=1S/C26H21ClFNO4/c27-21-12-7-13-22(28)20(21)16-19(14-15-30)25(31)29-23(17-8-3-1-4-9-17)24(33-26(29)32)18-10-5-2-6-11-18/h1-13,15,19,23-24H,14,16H2/t19-,23-,24-/m1/s1. The Balaban J connectivity index is 1.73. The van der Waals surface area contributed by atoms with E-state index in [2.05, 4.69) is 0 Å². The van der Waals surface area contributed by atoms with E-state index >= 15 is 0 Å². The minimum Gasteiger partial charge on any atom is -0.438 e. The van der Waals surface area contributed by atoms with Crippen LogP contribution in [0.5, 0.6) is 0 Å². The summed E-state index contributed by atoms with van der Waals surface area (Å²) in [6.45, 7) is 0. The Morgan fingerprint density at radius 1 is 1.00 bits per heavy atom. The molecule has 1 aliphatic rings. The summed E-state index contributed by atoms with van der Waals surface area (Å²) in [6, 6.07) is 21.7. The van der Waals surface area contributed by atoms with E-state index in [-0.39, 0.29) is 23.4 Å². The summed E-state index contributed by atoms with van der Waals surface area (Å²) in [4.78, 5) is 39.1. The lowest BCUT2D eigenvalue weighted by Crippen LogP contribution is -2.40. The second-order valence-electron chi connectivity index (χ2n) is 7.78. The number of hydrogen-bond acceptors (Lipinski definition) is 4. The fourth-order valence-corrected chi connectivity index (χ4v) is 4.37. The van der Waals surface area contributed by atoms with Crippen molar-refractivity contribution in [1.82, 2.24) is 4.90 Å². The van der Waals surface area contributed by atoms with Crippen molar-refractivity contribution in [2.75, 3.05) is 0 Å². The molecule has 2 amide bonds. The first-order chi connectivity index (χ1) is 16.0. The monoisotopic (exact) mass is 465 g/mol. The molecule has 3 atom stereocenters. The molecule has 3 aromatic carbocycles. The number of imide groups is 1. The molecule has 0 N–H and O–H groups in total. The topological polar surface area (TPSA) is 63.7 Å². The molecule has 1 fully saturated rings. The zero-order chi connectivity index (χ0) is 23.4. The van der Waals surface area contributed by atoms with Gasteiger partial charge in [0.2, 0.25) is 5.91 Å². The Labute approximate surface area is 195 Å². The van der Waals surface area contributed by atoms with E-state index in [1.54, 1.807) is 0 Å². The van der Waals surface area contributed by atoms with Gasteiger partial charge in [-0.1, -0.05) is 78.3 Å². The molecule has 0 bridgehead atoms. The number of cyclic esters (lactones) is 1. The summed E-state index contributed by atoms with van der Waals surface area (Å²) < 4.78 is 20.1. The molecule has 5 nitrogen and oxygen atoms in total. The number of benzene rings is 3. The molecule has 1 saturated heterocycles. The zero-order valence-corrected chi connectivity index (χ0v) is 18.3. The molecule has 0 radical (unpaired) electrons. The van der Waals surface area contributed by atoms with E-state index in [1.165, 1.54) is 18.2 Å². The average molecular weight is 466 g/mol. The molecule has 3 aromatic rings. The maximum absolute atomic E-state index is 14.4. The average Bonchev–Trinajstić information content (AvgIpc) is 3.18. The molecule has 0 spiro atoms. The van der Waals surface area contributed by atoms with Gasteiger partial charge in [-0.25, -0.2) is 14.1 Å². The first-order valence-electron chi connectivity index (χ1n) is 10.5. The van der Waals surface area contributed by atoms with E-state index in [4.69, 9.17) is 16.3 Å². The smallest absolute Gasteiger partial charge is 0.417 e. The first kappa shape index (κ1) is 22.7. The van der Waals surface area contributed by atoms with Gasteiger partial charge in [0.05, 0.1) is 0 Å². The van der Waals surface area contributed by atoms with Crippen LogP contribution in [0.25, 0.3) is 0 Å². The van der Waals surface area contributed by atoms with Gasteiger partial charge < -0.3 is 9.53 Å². The molecule has 7 heteroatoms. The van der Waals surface area contributed by atoms with Crippen LogP contribution in [0, 0.1) is 11.7 Å². The Morgan fingerprint density at radius 3 is 2.24 bits per heavy atom. The zero-order valence-electron chi connectivity index (χ0n) is 17.6. The fourth-order valence-electron chi connectivity index (χ4n) is 4.13. The van der Waals surface area contributed by atoms with Crippen molar-refractivity contribution in [1.29, 1.82) is 0 Å². The Morgan fingerprint density at radius 2 is 1.64 bits per heavy atom. The molecule has 0 aromatic heterocycles. The Kier molecular flexibility index (Phi) is 6.84. The summed E-state index contributed by atoms with van der Waals surface area (Å²) in [5.41, 5.74) is 1.57. The van der Waals surface area contributed by atoms with Crippen LogP contribution in [0.4, 0.5) is 9.18 Å². The quantitative estimate of drug-likeness (QED) is 0.420. The van der Waals surface area contributed by atoms with E-state index in [9.17, 15) is 18.8 Å². The van der Waals surface area contributed by atoms with E-state index in [0.29, 0.717) is 11.8 Å². The van der Waals surface area contributed by atoms with E-state index < -0.39 is 35.9 Å². The van der Waals surface area contributed by atoms with Gasteiger partial charge in [0, 0.05) is 22.9 Å². The number of amides is 2. The van der Waals surface area contributed by atoms with Gasteiger partial charge in [0.25, 0.3) is 0 Å². The third kappa shape index (κ3) is 4.66. The van der Waals surface area contributed by atoms with Crippen molar-refractivity contribution in [3.8, 4) is 0 Å². The van der Waals surface area contributed by atoms with Crippen molar-refractivity contribution in [3.63, 3.8) is 0 Å². The largest absolute Gasteiger partial charge is 0.438 e. The van der Waals surface area contributed by atoms with Gasteiger partial charge in [-0.15, -0.1) is 0 Å². The number of ether oxygens (including phenoxy) is 1. The van der Waals surface area contributed by atoms with Gasteiger partial charge in [-0.3, -0.25) is 4.79 Å². The summed E-state index contributed by atoms with van der Waals surface area (Å²) in [7, 11) is 0. The van der Waals surface area contributed by atoms with E-state index in [0.717, 1.165) is 10.5 Å². The van der Waals surface area contributed by atoms with Crippen LogP contribution < -0.4 is 0 Å². The molecule has 168 valence electrons. The summed E-state index contributed by atoms with van der Waals surface area (Å²) in [6.07, 6.45) is -1.25. The third-order valence-corrected chi connectivity index (χ3v) is 6.09. The van der Waals surface area contributed by atoms with Crippen LogP contribution in [-0.2, 0) is 20.7 Å². The van der Waals surface area contributed by atoms with Crippen LogP contribution in [-0.4, -0.2) is 23.2 Å². The predicted octanol–water partition coefficient (Wildman–Crippen LogP) is 5.69. The summed E-state index contributed by atoms with van der Waals surface area (Å²) >= 11 is 6.15. The molecule has 0 aliphatic carbocycles. The minimum atomic E-state index is -0.981. The van der Waals surface area contributed by atoms with Crippen molar-refractivity contribution in [2.24, 2.45) is 5.92 Å². The van der Waals surface area contributed by atoms with Crippen LogP contribution in [0.15, 0.2) is 78.9 Å². The molecule has 0 saturated carbocycles. The van der Waals surface area contributed by atoms with Gasteiger partial charge in [-0.2, -0.15) is 0 Å². The molecule has 33 heavy (non-hydrogen) atoms. The number of nitrogens with zero attached hydrogens (tertiary/aromatic N) is 1. The van der Waals surface area contributed by atoms with Crippen molar-refractivity contribution >= 4 is 29.9 Å². The maximum atomic E-state index is 14.4. The number of halogens is 2. The lowest BCUT2D eigenvalue weighted by molar-refractivity contribution is -0.135. The highest BCUT2D eigenvalue weighted by atomic mass is 35.5. The number of rotatable bonds is 7. The fraction of sp³-hybridized carbons (Fsp3) is 0.192. The van der Waals surface area contributed by atoms with Crippen LogP contribution in [0.2, 0.25) is 5.02 Å². The number of hydrogen-bond donors (Lipinski definition) is 0. The SMILES string of the molecule is O=CC[C@H](Cc1c(F)cccc1Cl)C(=O)N1C(=O)O[C@H](c2ccccc2)[C@H]1c1ccccc1. The third-order valence-electron chi connectivity index (χ3n) is 5.74. The highest BCUT2D eigenvalue weighted by Gasteiger charge is 2.48. The highest BCUT2D eigenvalue weighted by molar-refractivity contribution is 6.31. The normalized spacial score (nSPS) is 18.6. The van der Waals surface area contributed by atoms with Crippen molar-refractivity contribution in [2.45, 2.75) is 25.0 Å². The molecular formula is C26H21ClFNO4. The number of aldehydes is 1. The molecule has 0 unspecified atom stereocenters. The minimum absolute atomic E-state index is 0.121. The van der Waals surface area contributed by atoms with Gasteiger partial charge in [-0.05, 0) is 29.7 Å². The van der Waals surface area contributed by atoms with Crippen LogP contribution >= 0.6 is 11.6 Å². The first-order valence-corrected chi connectivity index (χ1v) is 10.9. The van der Waals surface area contributed by atoms with Crippen molar-refractivity contribution < 1.29 is 23.5 Å². The molecule has 4 rings (SSSR count). The second-order valence-corrected chi connectivity index (χ2v) is 8.19. The molecule has 1 heterocycles. The maximum Gasteiger partial charge on any atom is 0.417 e. The van der Waals surface area contributed by atoms with E-state index in [1.807, 2.05) is 60.7 Å². The van der Waals surface area contributed by atoms with Gasteiger partial charge >= 0.3 is 6.09 Å². The van der Waals surface area contributed by atoms with Crippen LogP contribution in [0.1, 0.15) is 35.3 Å². The lowest BCUT2D eigenvalue weighted by atomic mass is 9.91. The van der Waals surface area contributed by atoms with Gasteiger partial charge in [0.1, 0.15) is 18.1 Å². The summed E-state index contributed by atoms with van der Waals surface area (Å²) in [5.74, 6) is -2.17. The number of carbonyl (C=O) groups excluding carboxylic acids is 3. The Hall–Kier alpha value is -3.51. The highest BCUT2D eigenvalue weighted by Crippen LogP contribution is 2.44. The predicted molar refractivity (Wildman–Crippen MR) is 121 cm³/mol. The second kappa shape index (κ2) is 9.96. The molecule has 1 aliphatic heterocycles. The summed E-state index contributed by atoms with van der Waals surface area (Å²) in [5, 5.41) is 0.157.